The molecule has 10 aromatic rings. The van der Waals surface area contributed by atoms with Crippen molar-refractivity contribution < 1.29 is 0 Å². The van der Waals surface area contributed by atoms with E-state index in [1.54, 1.807) is 0 Å². The zero-order chi connectivity index (χ0) is 47.4. The van der Waals surface area contributed by atoms with Gasteiger partial charge in [0.05, 0.1) is 22.7 Å². The molecular weight excluding hydrogens is 849 g/mol. The van der Waals surface area contributed by atoms with Gasteiger partial charge in [-0.3, -0.25) is 0 Å². The first-order valence-corrected chi connectivity index (χ1v) is 24.3. The van der Waals surface area contributed by atoms with Gasteiger partial charge < -0.3 is 19.6 Å². The normalized spacial score (nSPS) is 13.9. The molecule has 0 radical (unpaired) electrons. The molecule has 0 aliphatic carbocycles. The fourth-order valence-electron chi connectivity index (χ4n) is 11.0. The molecule has 0 atom stereocenters. The lowest BCUT2D eigenvalue weighted by Gasteiger charge is -2.47. The van der Waals surface area contributed by atoms with Crippen LogP contribution >= 0.6 is 0 Å². The van der Waals surface area contributed by atoms with Gasteiger partial charge in [0.15, 0.2) is 0 Å². The molecule has 4 nitrogen and oxygen atoms in total. The van der Waals surface area contributed by atoms with E-state index in [4.69, 9.17) is 0 Å². The number of benzene rings is 10. The Morgan fingerprint density at radius 3 is 1.01 bits per heavy atom. The van der Waals surface area contributed by atoms with Crippen LogP contribution in [0.15, 0.2) is 255 Å². The van der Waals surface area contributed by atoms with Gasteiger partial charge in [0.25, 0.3) is 0 Å². The van der Waals surface area contributed by atoms with Crippen molar-refractivity contribution in [1.29, 1.82) is 0 Å². The molecule has 0 aromatic heterocycles. The Hall–Kier alpha value is -8.60. The van der Waals surface area contributed by atoms with Gasteiger partial charge in [-0.05, 0) is 155 Å². The fraction of sp³-hybridized carbons (Fsp3) is 0.0909. The molecule has 2 aliphatic rings. The lowest BCUT2D eigenvalue weighted by atomic mass is 9.68. The largest absolute Gasteiger partial charge is 0.311 e. The number of fused-ring (bicyclic) bond motifs is 4. The third-order valence-electron chi connectivity index (χ3n) is 14.6. The number of para-hydroxylation sites is 6. The maximum atomic E-state index is 2.50. The summed E-state index contributed by atoms with van der Waals surface area (Å²) in [6.45, 7) is 9.58. The molecule has 2 aliphatic heterocycles. The molecule has 10 aromatic carbocycles. The van der Waals surface area contributed by atoms with Crippen LogP contribution in [0.3, 0.4) is 0 Å². The highest BCUT2D eigenvalue weighted by Crippen LogP contribution is 2.59. The van der Waals surface area contributed by atoms with Crippen LogP contribution in [0.5, 0.6) is 0 Å². The Bertz CT molecular complexity index is 3420. The van der Waals surface area contributed by atoms with Crippen LogP contribution in [0.4, 0.5) is 68.2 Å². The number of anilines is 12. The molecule has 0 bridgehead atoms. The molecule has 0 fully saturated rings. The van der Waals surface area contributed by atoms with Crippen LogP contribution < -0.4 is 19.6 Å². The molecule has 0 amide bonds. The zero-order valence-electron chi connectivity index (χ0n) is 40.0. The van der Waals surface area contributed by atoms with E-state index >= 15 is 0 Å². The Morgan fingerprint density at radius 2 is 0.571 bits per heavy atom. The Kier molecular flexibility index (Phi) is 10.5. The zero-order valence-corrected chi connectivity index (χ0v) is 40.0. The summed E-state index contributed by atoms with van der Waals surface area (Å²) in [5, 5.41) is 0. The molecule has 0 saturated carbocycles. The number of hydrogen-bond acceptors (Lipinski definition) is 4. The lowest BCUT2D eigenvalue weighted by molar-refractivity contribution is 0.615. The van der Waals surface area contributed by atoms with E-state index in [9.17, 15) is 0 Å². The molecule has 0 N–H and O–H groups in total. The number of hydrogen-bond donors (Lipinski definition) is 0. The second kappa shape index (κ2) is 17.2. The minimum Gasteiger partial charge on any atom is -0.311 e. The van der Waals surface area contributed by atoms with Crippen LogP contribution in [-0.4, -0.2) is 0 Å². The average Bonchev–Trinajstić information content (AvgIpc) is 3.41. The first kappa shape index (κ1) is 42.7. The summed E-state index contributed by atoms with van der Waals surface area (Å²) in [6.07, 6.45) is 0. The molecule has 2 heterocycles. The van der Waals surface area contributed by atoms with Crippen molar-refractivity contribution in [3.63, 3.8) is 0 Å². The van der Waals surface area contributed by atoms with Crippen LogP contribution in [0.2, 0.25) is 0 Å². The van der Waals surface area contributed by atoms with Crippen molar-refractivity contribution >= 4 is 68.2 Å². The van der Waals surface area contributed by atoms with Crippen LogP contribution in [0.1, 0.15) is 49.9 Å². The SMILES string of the molecule is CC1(C)c2ccccc2N(c2ccccc2)c2cc3c(cc21)N(c1ccccc1)c1ccc(N(c2ccccc2)c2ccc(-c4ccc(N(c5ccccc5)c5ccccc5)cc4)cc2)cc1C3(C)C. The first-order chi connectivity index (χ1) is 34.3. The summed E-state index contributed by atoms with van der Waals surface area (Å²) in [6, 6.07) is 92.6. The Morgan fingerprint density at radius 1 is 0.257 bits per heavy atom. The predicted octanol–water partition coefficient (Wildman–Crippen LogP) is 18.5. The van der Waals surface area contributed by atoms with Gasteiger partial charge in [-0.15, -0.1) is 0 Å². The van der Waals surface area contributed by atoms with Crippen molar-refractivity contribution in [1.82, 2.24) is 0 Å². The van der Waals surface area contributed by atoms with E-state index in [0.29, 0.717) is 0 Å². The number of rotatable bonds is 9. The summed E-state index contributed by atoms with van der Waals surface area (Å²) >= 11 is 0. The van der Waals surface area contributed by atoms with E-state index in [-0.39, 0.29) is 10.8 Å². The van der Waals surface area contributed by atoms with Crippen molar-refractivity contribution in [2.45, 2.75) is 38.5 Å². The molecular formula is C66H54N4. The molecule has 0 spiro atoms. The molecule has 12 rings (SSSR count). The maximum absolute atomic E-state index is 2.50. The Labute approximate surface area is 412 Å². The summed E-state index contributed by atoms with van der Waals surface area (Å²) < 4.78 is 0. The molecule has 4 heteroatoms. The van der Waals surface area contributed by atoms with E-state index in [0.717, 1.165) is 56.6 Å². The molecule has 70 heavy (non-hydrogen) atoms. The third kappa shape index (κ3) is 7.23. The highest BCUT2D eigenvalue weighted by atomic mass is 15.2. The average molecular weight is 903 g/mol. The van der Waals surface area contributed by atoms with Gasteiger partial charge in [-0.2, -0.15) is 0 Å². The minimum atomic E-state index is -0.376. The smallest absolute Gasteiger partial charge is 0.0507 e. The van der Waals surface area contributed by atoms with Gasteiger partial charge in [-0.1, -0.05) is 161 Å². The van der Waals surface area contributed by atoms with Crippen LogP contribution in [-0.2, 0) is 10.8 Å². The fourth-order valence-corrected chi connectivity index (χ4v) is 11.0. The second-order valence-electron chi connectivity index (χ2n) is 19.5. The quantitative estimate of drug-likeness (QED) is 0.143. The first-order valence-electron chi connectivity index (χ1n) is 24.3. The van der Waals surface area contributed by atoms with Gasteiger partial charge in [0.1, 0.15) is 0 Å². The van der Waals surface area contributed by atoms with Crippen molar-refractivity contribution in [3.05, 3.63) is 277 Å². The molecule has 338 valence electrons. The maximum Gasteiger partial charge on any atom is 0.0507 e. The highest BCUT2D eigenvalue weighted by Gasteiger charge is 2.43. The van der Waals surface area contributed by atoms with Crippen LogP contribution in [0, 0.1) is 0 Å². The topological polar surface area (TPSA) is 13.0 Å². The lowest BCUT2D eigenvalue weighted by Crippen LogP contribution is -2.35. The standard InChI is InChI=1S/C66H54N4/c1-65(2)57-32-20-21-33-61(57)69(52-28-16-8-17-29-52)63-46-60-64(45-59(63)65)70(53-30-18-9-19-31-53)62-43-42-56(44-58(62)66(60,3)4)68(51-26-14-7-15-27-51)55-40-36-48(37-41-55)47-34-38-54(39-35-47)67(49-22-10-5-11-23-49)50-24-12-6-13-25-50/h5-46H,1-4H3. The summed E-state index contributed by atoms with van der Waals surface area (Å²) in [5.74, 6) is 0. The van der Waals surface area contributed by atoms with Gasteiger partial charge in [0, 0.05) is 56.3 Å². The molecule has 0 unspecified atom stereocenters. The minimum absolute atomic E-state index is 0.246. The van der Waals surface area contributed by atoms with Crippen LogP contribution in [0.25, 0.3) is 11.1 Å². The van der Waals surface area contributed by atoms with Crippen molar-refractivity contribution in [2.75, 3.05) is 19.6 Å². The third-order valence-corrected chi connectivity index (χ3v) is 14.6. The van der Waals surface area contributed by atoms with Gasteiger partial charge >= 0.3 is 0 Å². The van der Waals surface area contributed by atoms with Crippen molar-refractivity contribution in [3.8, 4) is 11.1 Å². The summed E-state index contributed by atoms with van der Waals surface area (Å²) in [4.78, 5) is 9.67. The summed E-state index contributed by atoms with van der Waals surface area (Å²) in [7, 11) is 0. The Balaban J connectivity index is 0.958. The molecule has 0 saturated heterocycles. The van der Waals surface area contributed by atoms with E-state index in [1.807, 2.05) is 0 Å². The van der Waals surface area contributed by atoms with Crippen molar-refractivity contribution in [2.24, 2.45) is 0 Å². The van der Waals surface area contributed by atoms with Gasteiger partial charge in [-0.25, -0.2) is 0 Å². The predicted molar refractivity (Wildman–Crippen MR) is 295 cm³/mol. The highest BCUT2D eigenvalue weighted by molar-refractivity contribution is 5.94. The van der Waals surface area contributed by atoms with E-state index in [1.165, 1.54) is 45.0 Å². The summed E-state index contributed by atoms with van der Waals surface area (Å²) in [5.41, 5.74) is 20.7. The second-order valence-corrected chi connectivity index (χ2v) is 19.5. The van der Waals surface area contributed by atoms with Gasteiger partial charge in [0.2, 0.25) is 0 Å². The van der Waals surface area contributed by atoms with E-state index < -0.39 is 0 Å². The number of nitrogens with zero attached hydrogens (tertiary/aromatic N) is 4. The monoisotopic (exact) mass is 902 g/mol. The van der Waals surface area contributed by atoms with E-state index in [2.05, 4.69) is 302 Å².